The van der Waals surface area contributed by atoms with Crippen molar-refractivity contribution >= 4 is 15.8 Å². The number of nitrogens with zero attached hydrogens (tertiary/aromatic N) is 3. The Kier molecular flexibility index (Phi) is 7.03. The lowest BCUT2D eigenvalue weighted by Crippen LogP contribution is -2.58. The van der Waals surface area contributed by atoms with E-state index in [1.165, 1.54) is 32.4 Å². The standard InChI is InChI=1S/C19H37N5O2S/c1-3-20-18(22-17-7-14-27(25,26)15-17)21-16-19(8-12-23(2)13-9-19)24-10-5-4-6-11-24/h17H,3-16H2,1-2H3,(H2,20,21,22). The van der Waals surface area contributed by atoms with Crippen LogP contribution in [0.25, 0.3) is 0 Å². The number of guanidine groups is 1. The van der Waals surface area contributed by atoms with Crippen molar-refractivity contribution in [3.05, 3.63) is 0 Å². The van der Waals surface area contributed by atoms with Crippen LogP contribution in [-0.2, 0) is 9.84 Å². The Balaban J connectivity index is 1.70. The minimum absolute atomic E-state index is 0.0174. The highest BCUT2D eigenvalue weighted by atomic mass is 32.2. The van der Waals surface area contributed by atoms with E-state index in [9.17, 15) is 8.42 Å². The third-order valence-electron chi connectivity index (χ3n) is 6.39. The molecule has 0 aromatic heterocycles. The Labute approximate surface area is 164 Å². The first-order valence-electron chi connectivity index (χ1n) is 10.6. The summed E-state index contributed by atoms with van der Waals surface area (Å²) in [5.41, 5.74) is 0.150. The largest absolute Gasteiger partial charge is 0.357 e. The smallest absolute Gasteiger partial charge is 0.191 e. The molecule has 3 saturated heterocycles. The normalized spacial score (nSPS) is 29.6. The van der Waals surface area contributed by atoms with Gasteiger partial charge in [0.05, 0.1) is 18.1 Å². The predicted octanol–water partition coefficient (Wildman–Crippen LogP) is 0.679. The molecular weight excluding hydrogens is 362 g/mol. The highest BCUT2D eigenvalue weighted by molar-refractivity contribution is 7.91. The Hall–Kier alpha value is -0.860. The monoisotopic (exact) mass is 399 g/mol. The number of hydrogen-bond donors (Lipinski definition) is 2. The molecule has 0 aromatic rings. The minimum Gasteiger partial charge on any atom is -0.357 e. The second kappa shape index (κ2) is 9.09. The van der Waals surface area contributed by atoms with Crippen molar-refractivity contribution in [2.75, 3.05) is 57.8 Å². The molecule has 3 fully saturated rings. The summed E-state index contributed by atoms with van der Waals surface area (Å²) in [5.74, 6) is 1.28. The van der Waals surface area contributed by atoms with Crippen LogP contribution in [0.4, 0.5) is 0 Å². The van der Waals surface area contributed by atoms with Crippen molar-refractivity contribution < 1.29 is 8.42 Å². The topological polar surface area (TPSA) is 77.0 Å². The summed E-state index contributed by atoms with van der Waals surface area (Å²) in [7, 11) is -0.682. The summed E-state index contributed by atoms with van der Waals surface area (Å²) in [6, 6.07) is -0.0174. The van der Waals surface area contributed by atoms with Crippen molar-refractivity contribution in [2.24, 2.45) is 4.99 Å². The lowest BCUT2D eigenvalue weighted by atomic mass is 9.84. The maximum Gasteiger partial charge on any atom is 0.191 e. The zero-order valence-electron chi connectivity index (χ0n) is 17.0. The van der Waals surface area contributed by atoms with Crippen molar-refractivity contribution in [1.82, 2.24) is 20.4 Å². The van der Waals surface area contributed by atoms with Gasteiger partial charge in [-0.1, -0.05) is 6.42 Å². The van der Waals surface area contributed by atoms with Crippen LogP contribution in [0, 0.1) is 0 Å². The van der Waals surface area contributed by atoms with Crippen LogP contribution in [0.2, 0.25) is 0 Å². The summed E-state index contributed by atoms with van der Waals surface area (Å²) in [4.78, 5) is 10.1. The first kappa shape index (κ1) is 20.9. The van der Waals surface area contributed by atoms with E-state index in [-0.39, 0.29) is 23.1 Å². The molecule has 27 heavy (non-hydrogen) atoms. The SMILES string of the molecule is CCNC(=NCC1(N2CCCCC2)CCN(C)CC1)NC1CCS(=O)(=O)C1. The molecule has 3 heterocycles. The summed E-state index contributed by atoms with van der Waals surface area (Å²) in [6.45, 7) is 8.24. The fraction of sp³-hybridized carbons (Fsp3) is 0.947. The van der Waals surface area contributed by atoms with E-state index in [0.717, 1.165) is 45.0 Å². The zero-order valence-corrected chi connectivity index (χ0v) is 17.9. The average Bonchev–Trinajstić information content (AvgIpc) is 3.01. The maximum atomic E-state index is 11.8. The third-order valence-corrected chi connectivity index (χ3v) is 8.16. The molecule has 0 aliphatic carbocycles. The van der Waals surface area contributed by atoms with Gasteiger partial charge >= 0.3 is 0 Å². The van der Waals surface area contributed by atoms with Crippen molar-refractivity contribution in [3.63, 3.8) is 0 Å². The van der Waals surface area contributed by atoms with Gasteiger partial charge in [-0.25, -0.2) is 8.42 Å². The fourth-order valence-electron chi connectivity index (χ4n) is 4.63. The van der Waals surface area contributed by atoms with Crippen LogP contribution >= 0.6 is 0 Å². The zero-order chi connectivity index (χ0) is 19.3. The summed E-state index contributed by atoms with van der Waals surface area (Å²) < 4.78 is 23.5. The molecule has 0 aromatic carbocycles. The van der Waals surface area contributed by atoms with Crippen molar-refractivity contribution in [2.45, 2.75) is 57.0 Å². The molecule has 0 amide bonds. The fourth-order valence-corrected chi connectivity index (χ4v) is 6.30. The lowest BCUT2D eigenvalue weighted by Gasteiger charge is -2.49. The molecule has 0 spiro atoms. The molecule has 1 atom stereocenters. The van der Waals surface area contributed by atoms with E-state index in [0.29, 0.717) is 6.42 Å². The summed E-state index contributed by atoms with van der Waals surface area (Å²) >= 11 is 0. The van der Waals surface area contributed by atoms with Gasteiger partial charge in [0.25, 0.3) is 0 Å². The quantitative estimate of drug-likeness (QED) is 0.523. The van der Waals surface area contributed by atoms with E-state index in [2.05, 4.69) is 34.4 Å². The molecule has 2 N–H and O–H groups in total. The van der Waals surface area contributed by atoms with Crippen LogP contribution in [0.15, 0.2) is 4.99 Å². The Morgan fingerprint density at radius 3 is 2.44 bits per heavy atom. The first-order valence-corrected chi connectivity index (χ1v) is 12.4. The van der Waals surface area contributed by atoms with Crippen LogP contribution in [0.3, 0.4) is 0 Å². The van der Waals surface area contributed by atoms with Crippen molar-refractivity contribution in [3.8, 4) is 0 Å². The van der Waals surface area contributed by atoms with Gasteiger partial charge in [-0.3, -0.25) is 9.89 Å². The molecular formula is C19H37N5O2S. The van der Waals surface area contributed by atoms with E-state index in [1.54, 1.807) is 0 Å². The van der Waals surface area contributed by atoms with Crippen LogP contribution < -0.4 is 10.6 Å². The molecule has 8 heteroatoms. The number of aliphatic imine (C=N–C) groups is 1. The molecule has 3 aliphatic heterocycles. The molecule has 1 unspecified atom stereocenters. The van der Waals surface area contributed by atoms with E-state index >= 15 is 0 Å². The van der Waals surface area contributed by atoms with Gasteiger partial charge in [-0.15, -0.1) is 0 Å². The van der Waals surface area contributed by atoms with Gasteiger partial charge in [0.2, 0.25) is 0 Å². The van der Waals surface area contributed by atoms with Gasteiger partial charge in [-0.05, 0) is 72.3 Å². The van der Waals surface area contributed by atoms with Crippen LogP contribution in [0.5, 0.6) is 0 Å². The minimum atomic E-state index is -2.89. The van der Waals surface area contributed by atoms with Crippen LogP contribution in [0.1, 0.15) is 45.4 Å². The Bertz CT molecular complexity index is 608. The Morgan fingerprint density at radius 2 is 1.85 bits per heavy atom. The molecule has 0 radical (unpaired) electrons. The van der Waals surface area contributed by atoms with Gasteiger partial charge in [-0.2, -0.15) is 0 Å². The first-order chi connectivity index (χ1) is 12.9. The van der Waals surface area contributed by atoms with Crippen molar-refractivity contribution in [1.29, 1.82) is 0 Å². The van der Waals surface area contributed by atoms with Crippen LogP contribution in [-0.4, -0.2) is 93.6 Å². The molecule has 3 aliphatic rings. The third kappa shape index (κ3) is 5.57. The average molecular weight is 400 g/mol. The number of sulfone groups is 1. The maximum absolute atomic E-state index is 11.8. The highest BCUT2D eigenvalue weighted by Crippen LogP contribution is 2.31. The van der Waals surface area contributed by atoms with Gasteiger partial charge in [0.15, 0.2) is 15.8 Å². The summed E-state index contributed by atoms with van der Waals surface area (Å²) in [5, 5.41) is 6.69. The van der Waals surface area contributed by atoms with E-state index < -0.39 is 9.84 Å². The molecule has 0 bridgehead atoms. The second-order valence-corrected chi connectivity index (χ2v) is 10.7. The summed E-state index contributed by atoms with van der Waals surface area (Å²) in [6.07, 6.45) is 6.92. The number of hydrogen-bond acceptors (Lipinski definition) is 5. The number of piperidine rings is 2. The second-order valence-electron chi connectivity index (χ2n) is 8.51. The lowest BCUT2D eigenvalue weighted by molar-refractivity contribution is 0.0208. The van der Waals surface area contributed by atoms with E-state index in [1.807, 2.05) is 0 Å². The van der Waals surface area contributed by atoms with Gasteiger partial charge in [0, 0.05) is 18.1 Å². The number of likely N-dealkylation sites (tertiary alicyclic amines) is 2. The molecule has 156 valence electrons. The van der Waals surface area contributed by atoms with Gasteiger partial charge < -0.3 is 15.5 Å². The molecule has 3 rings (SSSR count). The molecule has 0 saturated carbocycles. The number of nitrogens with one attached hydrogen (secondary N) is 2. The number of rotatable bonds is 5. The van der Waals surface area contributed by atoms with Gasteiger partial charge in [0.1, 0.15) is 0 Å². The predicted molar refractivity (Wildman–Crippen MR) is 111 cm³/mol. The van der Waals surface area contributed by atoms with E-state index in [4.69, 9.17) is 4.99 Å². The molecule has 7 nitrogen and oxygen atoms in total. The highest BCUT2D eigenvalue weighted by Gasteiger charge is 2.39. The Morgan fingerprint density at radius 1 is 1.15 bits per heavy atom.